The van der Waals surface area contributed by atoms with E-state index in [4.69, 9.17) is 4.74 Å². The smallest absolute Gasteiger partial charge is 0.411 e. The third kappa shape index (κ3) is 2.15. The summed E-state index contributed by atoms with van der Waals surface area (Å²) in [5.74, 6) is 0. The van der Waals surface area contributed by atoms with Crippen molar-refractivity contribution in [2.75, 3.05) is 13.1 Å². The van der Waals surface area contributed by atoms with E-state index in [9.17, 15) is 4.79 Å². The van der Waals surface area contributed by atoms with Crippen LogP contribution in [0.1, 0.15) is 20.8 Å². The standard InChI is InChI=1S/C11H18N2O2/c1-11(2,3)15-10(14)13-8-4-5-9(13)7-12-6-8/h4-5,8-9,12H,6-7H2,1-3H3. The Morgan fingerprint density at radius 3 is 2.33 bits per heavy atom. The predicted octanol–water partition coefficient (Wildman–Crippen LogP) is 1.13. The molecule has 0 aliphatic carbocycles. The van der Waals surface area contributed by atoms with Gasteiger partial charge in [0.15, 0.2) is 0 Å². The van der Waals surface area contributed by atoms with Crippen molar-refractivity contribution in [1.82, 2.24) is 10.2 Å². The minimum Gasteiger partial charge on any atom is -0.444 e. The lowest BCUT2D eigenvalue weighted by atomic mass is 10.2. The van der Waals surface area contributed by atoms with Crippen LogP contribution >= 0.6 is 0 Å². The van der Waals surface area contributed by atoms with Crippen LogP contribution in [0.15, 0.2) is 12.2 Å². The summed E-state index contributed by atoms with van der Waals surface area (Å²) < 4.78 is 5.38. The van der Waals surface area contributed by atoms with E-state index in [0.29, 0.717) is 0 Å². The number of carbonyl (C=O) groups is 1. The van der Waals surface area contributed by atoms with E-state index in [1.54, 1.807) is 0 Å². The lowest BCUT2D eigenvalue weighted by molar-refractivity contribution is 0.0128. The number of hydrogen-bond donors (Lipinski definition) is 1. The maximum Gasteiger partial charge on any atom is 0.411 e. The lowest BCUT2D eigenvalue weighted by Gasteiger charge is -2.36. The second-order valence-corrected chi connectivity index (χ2v) is 5.07. The molecule has 2 unspecified atom stereocenters. The van der Waals surface area contributed by atoms with Crippen LogP contribution < -0.4 is 5.32 Å². The molecule has 2 aliphatic rings. The minimum atomic E-state index is -0.415. The molecule has 2 atom stereocenters. The van der Waals surface area contributed by atoms with E-state index in [-0.39, 0.29) is 18.2 Å². The van der Waals surface area contributed by atoms with Crippen molar-refractivity contribution in [2.24, 2.45) is 0 Å². The monoisotopic (exact) mass is 210 g/mol. The minimum absolute atomic E-state index is 0.165. The van der Waals surface area contributed by atoms with Crippen molar-refractivity contribution in [2.45, 2.75) is 38.5 Å². The van der Waals surface area contributed by atoms with Crippen molar-refractivity contribution >= 4 is 6.09 Å². The molecule has 1 fully saturated rings. The molecule has 0 radical (unpaired) electrons. The molecule has 2 heterocycles. The number of nitrogens with zero attached hydrogens (tertiary/aromatic N) is 1. The van der Waals surface area contributed by atoms with Gasteiger partial charge in [0.1, 0.15) is 5.60 Å². The molecule has 0 aromatic rings. The molecule has 2 aliphatic heterocycles. The van der Waals surface area contributed by atoms with E-state index in [0.717, 1.165) is 13.1 Å². The summed E-state index contributed by atoms with van der Waals surface area (Å²) in [4.78, 5) is 13.7. The Labute approximate surface area is 90.3 Å². The molecular formula is C11H18N2O2. The van der Waals surface area contributed by atoms with Crippen molar-refractivity contribution in [3.05, 3.63) is 12.2 Å². The molecule has 0 saturated carbocycles. The molecule has 15 heavy (non-hydrogen) atoms. The quantitative estimate of drug-likeness (QED) is 0.609. The number of rotatable bonds is 0. The highest BCUT2D eigenvalue weighted by atomic mass is 16.6. The van der Waals surface area contributed by atoms with Crippen molar-refractivity contribution in [1.29, 1.82) is 0 Å². The van der Waals surface area contributed by atoms with Crippen molar-refractivity contribution in [3.8, 4) is 0 Å². The van der Waals surface area contributed by atoms with Crippen molar-refractivity contribution in [3.63, 3.8) is 0 Å². The Bertz CT molecular complexity index is 279. The third-order valence-corrected chi connectivity index (χ3v) is 2.58. The normalized spacial score (nSPS) is 29.4. The van der Waals surface area contributed by atoms with Gasteiger partial charge in [-0.25, -0.2) is 4.79 Å². The van der Waals surface area contributed by atoms with Gasteiger partial charge in [-0.1, -0.05) is 12.2 Å². The van der Waals surface area contributed by atoms with Crippen LogP contribution in [0, 0.1) is 0 Å². The number of carbonyl (C=O) groups excluding carboxylic acids is 1. The first-order valence-electron chi connectivity index (χ1n) is 5.38. The number of nitrogens with one attached hydrogen (secondary N) is 1. The van der Waals surface area contributed by atoms with Gasteiger partial charge < -0.3 is 10.1 Å². The maximum atomic E-state index is 11.9. The molecule has 84 valence electrons. The first kappa shape index (κ1) is 10.5. The molecule has 1 amide bonds. The summed E-state index contributed by atoms with van der Waals surface area (Å²) in [5.41, 5.74) is -0.415. The highest BCUT2D eigenvalue weighted by molar-refractivity contribution is 5.70. The van der Waals surface area contributed by atoms with Gasteiger partial charge in [0, 0.05) is 13.1 Å². The van der Waals surface area contributed by atoms with E-state index in [1.807, 2.05) is 25.7 Å². The average Bonchev–Trinajstić information content (AvgIpc) is 2.34. The van der Waals surface area contributed by atoms with E-state index in [2.05, 4.69) is 17.5 Å². The average molecular weight is 210 g/mol. The second kappa shape index (κ2) is 3.52. The summed E-state index contributed by atoms with van der Waals surface area (Å²) in [6.45, 7) is 7.33. The molecule has 1 saturated heterocycles. The zero-order valence-corrected chi connectivity index (χ0v) is 9.49. The fraction of sp³-hybridized carbons (Fsp3) is 0.727. The molecular weight excluding hydrogens is 192 g/mol. The Morgan fingerprint density at radius 1 is 1.33 bits per heavy atom. The fourth-order valence-corrected chi connectivity index (χ4v) is 1.99. The Morgan fingerprint density at radius 2 is 1.87 bits per heavy atom. The number of hydrogen-bond acceptors (Lipinski definition) is 3. The van der Waals surface area contributed by atoms with Gasteiger partial charge in [-0.3, -0.25) is 4.90 Å². The molecule has 0 spiro atoms. The Balaban J connectivity index is 2.03. The molecule has 2 rings (SSSR count). The Hall–Kier alpha value is -1.03. The van der Waals surface area contributed by atoms with Gasteiger partial charge in [-0.15, -0.1) is 0 Å². The van der Waals surface area contributed by atoms with Gasteiger partial charge >= 0.3 is 6.09 Å². The van der Waals surface area contributed by atoms with Crippen LogP contribution in [0.2, 0.25) is 0 Å². The summed E-state index contributed by atoms with van der Waals surface area (Å²) >= 11 is 0. The number of ether oxygens (including phenoxy) is 1. The van der Waals surface area contributed by atoms with Crippen LogP contribution in [0.4, 0.5) is 4.79 Å². The van der Waals surface area contributed by atoms with Crippen LogP contribution in [0.3, 0.4) is 0 Å². The zero-order chi connectivity index (χ0) is 11.1. The molecule has 0 aromatic heterocycles. The lowest BCUT2D eigenvalue weighted by Crippen LogP contribution is -2.55. The largest absolute Gasteiger partial charge is 0.444 e. The molecule has 4 nitrogen and oxygen atoms in total. The van der Waals surface area contributed by atoms with Gasteiger partial charge in [0.25, 0.3) is 0 Å². The van der Waals surface area contributed by atoms with Gasteiger partial charge in [-0.2, -0.15) is 0 Å². The summed E-state index contributed by atoms with van der Waals surface area (Å²) in [6.07, 6.45) is 3.95. The first-order valence-corrected chi connectivity index (χ1v) is 5.38. The van der Waals surface area contributed by atoms with Crippen LogP contribution in [0.25, 0.3) is 0 Å². The first-order chi connectivity index (χ1) is 6.97. The molecule has 1 N–H and O–H groups in total. The van der Waals surface area contributed by atoms with E-state index >= 15 is 0 Å². The topological polar surface area (TPSA) is 41.6 Å². The predicted molar refractivity (Wildman–Crippen MR) is 57.7 cm³/mol. The summed E-state index contributed by atoms with van der Waals surface area (Å²) in [6, 6.07) is 0.331. The Kier molecular flexibility index (Phi) is 2.46. The zero-order valence-electron chi connectivity index (χ0n) is 9.49. The van der Waals surface area contributed by atoms with Crippen LogP contribution in [-0.4, -0.2) is 41.8 Å². The second-order valence-electron chi connectivity index (χ2n) is 5.07. The SMILES string of the molecule is CC(C)(C)OC(=O)N1C2C=CC1CNC2. The fourth-order valence-electron chi connectivity index (χ4n) is 1.99. The maximum absolute atomic E-state index is 11.9. The highest BCUT2D eigenvalue weighted by Crippen LogP contribution is 2.22. The van der Waals surface area contributed by atoms with E-state index in [1.165, 1.54) is 0 Å². The van der Waals surface area contributed by atoms with Gasteiger partial charge in [0.05, 0.1) is 12.1 Å². The third-order valence-electron chi connectivity index (χ3n) is 2.58. The summed E-state index contributed by atoms with van der Waals surface area (Å²) in [5, 5.41) is 3.28. The molecule has 2 bridgehead atoms. The number of amides is 1. The molecule has 0 aromatic carbocycles. The van der Waals surface area contributed by atoms with Crippen molar-refractivity contribution < 1.29 is 9.53 Å². The van der Waals surface area contributed by atoms with Crippen LogP contribution in [0.5, 0.6) is 0 Å². The van der Waals surface area contributed by atoms with E-state index < -0.39 is 5.60 Å². The molecule has 4 heteroatoms. The highest BCUT2D eigenvalue weighted by Gasteiger charge is 2.37. The number of piperazine rings is 1. The van der Waals surface area contributed by atoms with Gasteiger partial charge in [-0.05, 0) is 20.8 Å². The van der Waals surface area contributed by atoms with Gasteiger partial charge in [0.2, 0.25) is 0 Å². The number of fused-ring (bicyclic) bond motifs is 2. The summed E-state index contributed by atoms with van der Waals surface area (Å²) in [7, 11) is 0. The van der Waals surface area contributed by atoms with Crippen LogP contribution in [-0.2, 0) is 4.74 Å².